The van der Waals surface area contributed by atoms with Gasteiger partial charge in [0.05, 0.1) is 48.4 Å². The van der Waals surface area contributed by atoms with Gasteiger partial charge >= 0.3 is 0 Å². The number of hydrogen-bond donors (Lipinski definition) is 0. The summed E-state index contributed by atoms with van der Waals surface area (Å²) < 4.78 is 17.6. The van der Waals surface area contributed by atoms with E-state index in [1.165, 1.54) is 0 Å². The van der Waals surface area contributed by atoms with E-state index in [9.17, 15) is 0 Å². The zero-order valence-corrected chi connectivity index (χ0v) is 14.2. The van der Waals surface area contributed by atoms with Crippen LogP contribution in [0.3, 0.4) is 0 Å². The second-order valence-corrected chi connectivity index (χ2v) is 7.59. The van der Waals surface area contributed by atoms with Gasteiger partial charge in [-0.05, 0) is 25.5 Å². The van der Waals surface area contributed by atoms with Crippen molar-refractivity contribution in [3.05, 3.63) is 40.2 Å². The number of hydrogen-bond acceptors (Lipinski definition) is 6. The summed E-state index contributed by atoms with van der Waals surface area (Å²) in [5.41, 5.74) is 0.995. The highest BCUT2D eigenvalue weighted by Crippen LogP contribution is 2.37. The van der Waals surface area contributed by atoms with Crippen LogP contribution in [0.2, 0.25) is 0 Å². The van der Waals surface area contributed by atoms with Gasteiger partial charge in [0.2, 0.25) is 0 Å². The van der Waals surface area contributed by atoms with Gasteiger partial charge in [-0.1, -0.05) is 0 Å². The van der Waals surface area contributed by atoms with Gasteiger partial charge in [0.25, 0.3) is 0 Å². The van der Waals surface area contributed by atoms with Crippen LogP contribution >= 0.6 is 11.3 Å². The SMILES string of the molecule is Cc1nc(CO[C@H]2CO[C@@]3(CCN(Cc4ccco4)C3)C2)cs1. The Bertz CT molecular complexity index is 642. The lowest BCUT2D eigenvalue weighted by atomic mass is 9.98. The number of aromatic nitrogens is 1. The van der Waals surface area contributed by atoms with Gasteiger partial charge in [0.1, 0.15) is 5.76 Å². The third-order valence-corrected chi connectivity index (χ3v) is 5.49. The number of thiazole rings is 1. The molecule has 0 aromatic carbocycles. The maximum absolute atomic E-state index is 6.14. The number of nitrogens with zero attached hydrogens (tertiary/aromatic N) is 2. The van der Waals surface area contributed by atoms with Gasteiger partial charge < -0.3 is 13.9 Å². The van der Waals surface area contributed by atoms with Gasteiger partial charge in [-0.15, -0.1) is 11.3 Å². The Morgan fingerprint density at radius 3 is 3.26 bits per heavy atom. The molecule has 2 aliphatic heterocycles. The highest BCUT2D eigenvalue weighted by molar-refractivity contribution is 7.09. The van der Waals surface area contributed by atoms with Crippen LogP contribution < -0.4 is 0 Å². The molecule has 0 saturated carbocycles. The minimum atomic E-state index is -0.0325. The minimum Gasteiger partial charge on any atom is -0.468 e. The molecule has 1 spiro atoms. The summed E-state index contributed by atoms with van der Waals surface area (Å²) in [5, 5.41) is 3.16. The minimum absolute atomic E-state index is 0.0325. The summed E-state index contributed by atoms with van der Waals surface area (Å²) >= 11 is 1.67. The van der Waals surface area contributed by atoms with Crippen LogP contribution in [0.4, 0.5) is 0 Å². The molecular formula is C17H22N2O3S. The fraction of sp³-hybridized carbons (Fsp3) is 0.588. The zero-order chi connectivity index (χ0) is 15.7. The van der Waals surface area contributed by atoms with Gasteiger partial charge in [0, 0.05) is 24.9 Å². The van der Waals surface area contributed by atoms with E-state index < -0.39 is 0 Å². The first-order valence-electron chi connectivity index (χ1n) is 8.12. The number of aryl methyl sites for hydroxylation is 1. The number of rotatable bonds is 5. The molecule has 0 amide bonds. The highest BCUT2D eigenvalue weighted by Gasteiger charge is 2.45. The zero-order valence-electron chi connectivity index (χ0n) is 13.4. The molecular weight excluding hydrogens is 312 g/mol. The molecule has 5 nitrogen and oxygen atoms in total. The van der Waals surface area contributed by atoms with E-state index in [0.29, 0.717) is 13.2 Å². The molecule has 0 radical (unpaired) electrons. The largest absolute Gasteiger partial charge is 0.468 e. The standard InChI is InChI=1S/C17H22N2O3S/c1-13-18-14(11-23-13)9-21-16-7-17(22-10-16)4-5-19(12-17)8-15-3-2-6-20-15/h2-3,6,11,16H,4-5,7-10,12H2,1H3/t16-,17+/m1/s1. The molecule has 2 aromatic heterocycles. The summed E-state index contributed by atoms with van der Waals surface area (Å²) in [7, 11) is 0. The Hall–Kier alpha value is -1.21. The van der Waals surface area contributed by atoms with Crippen molar-refractivity contribution >= 4 is 11.3 Å². The van der Waals surface area contributed by atoms with E-state index >= 15 is 0 Å². The van der Waals surface area contributed by atoms with Gasteiger partial charge in [-0.25, -0.2) is 4.98 Å². The molecule has 0 aliphatic carbocycles. The maximum atomic E-state index is 6.14. The van der Waals surface area contributed by atoms with Crippen molar-refractivity contribution in [2.75, 3.05) is 19.7 Å². The summed E-state index contributed by atoms with van der Waals surface area (Å²) in [6, 6.07) is 3.97. The average molecular weight is 334 g/mol. The van der Waals surface area contributed by atoms with Crippen LogP contribution in [0, 0.1) is 6.92 Å². The predicted octanol–water partition coefficient (Wildman–Crippen LogP) is 2.99. The number of ether oxygens (including phenoxy) is 2. The molecule has 0 N–H and O–H groups in total. The van der Waals surface area contributed by atoms with E-state index in [0.717, 1.165) is 48.9 Å². The topological polar surface area (TPSA) is 47.7 Å². The second kappa shape index (κ2) is 6.36. The van der Waals surface area contributed by atoms with Crippen molar-refractivity contribution in [3.8, 4) is 0 Å². The van der Waals surface area contributed by atoms with Crippen molar-refractivity contribution in [2.24, 2.45) is 0 Å². The summed E-state index contributed by atoms with van der Waals surface area (Å²) in [6.45, 7) is 6.18. The van der Waals surface area contributed by atoms with Crippen LogP contribution in [0.15, 0.2) is 28.2 Å². The van der Waals surface area contributed by atoms with Crippen LogP contribution in [0.1, 0.15) is 29.3 Å². The average Bonchev–Trinajstić information content (AvgIpc) is 3.29. The highest BCUT2D eigenvalue weighted by atomic mass is 32.1. The molecule has 2 saturated heterocycles. The Morgan fingerprint density at radius 2 is 2.48 bits per heavy atom. The molecule has 0 unspecified atom stereocenters. The van der Waals surface area contributed by atoms with Crippen molar-refractivity contribution in [1.29, 1.82) is 0 Å². The molecule has 6 heteroatoms. The first-order chi connectivity index (χ1) is 11.2. The molecule has 2 atom stereocenters. The van der Waals surface area contributed by atoms with Crippen LogP contribution in [-0.4, -0.2) is 41.3 Å². The van der Waals surface area contributed by atoms with E-state index in [2.05, 4.69) is 15.3 Å². The lowest BCUT2D eigenvalue weighted by Gasteiger charge is -2.23. The molecule has 2 fully saturated rings. The van der Waals surface area contributed by atoms with Crippen molar-refractivity contribution in [1.82, 2.24) is 9.88 Å². The van der Waals surface area contributed by atoms with Crippen LogP contribution in [0.25, 0.3) is 0 Å². The Morgan fingerprint density at radius 1 is 1.52 bits per heavy atom. The second-order valence-electron chi connectivity index (χ2n) is 6.53. The summed E-state index contributed by atoms with van der Waals surface area (Å²) in [4.78, 5) is 6.86. The van der Waals surface area contributed by atoms with E-state index in [4.69, 9.17) is 13.9 Å². The van der Waals surface area contributed by atoms with Crippen molar-refractivity contribution in [2.45, 2.75) is 44.6 Å². The Balaban J connectivity index is 1.28. The normalized spacial score (nSPS) is 28.1. The molecule has 2 aromatic rings. The van der Waals surface area contributed by atoms with Crippen LogP contribution in [-0.2, 0) is 22.6 Å². The van der Waals surface area contributed by atoms with Crippen molar-refractivity contribution in [3.63, 3.8) is 0 Å². The van der Waals surface area contributed by atoms with E-state index in [1.54, 1.807) is 17.6 Å². The predicted molar refractivity (Wildman–Crippen MR) is 87.3 cm³/mol. The molecule has 4 heterocycles. The lowest BCUT2D eigenvalue weighted by molar-refractivity contribution is -0.000994. The first kappa shape index (κ1) is 15.3. The Labute approximate surface area is 140 Å². The van der Waals surface area contributed by atoms with Gasteiger partial charge in [-0.3, -0.25) is 4.90 Å². The number of furan rings is 1. The summed E-state index contributed by atoms with van der Waals surface area (Å²) in [5.74, 6) is 1.02. The maximum Gasteiger partial charge on any atom is 0.117 e. The molecule has 23 heavy (non-hydrogen) atoms. The third-order valence-electron chi connectivity index (χ3n) is 4.66. The van der Waals surface area contributed by atoms with E-state index in [1.807, 2.05) is 19.1 Å². The fourth-order valence-electron chi connectivity index (χ4n) is 3.56. The van der Waals surface area contributed by atoms with E-state index in [-0.39, 0.29) is 11.7 Å². The van der Waals surface area contributed by atoms with Crippen molar-refractivity contribution < 1.29 is 13.9 Å². The number of likely N-dealkylation sites (tertiary alicyclic amines) is 1. The third kappa shape index (κ3) is 3.50. The molecule has 0 bridgehead atoms. The van der Waals surface area contributed by atoms with Crippen LogP contribution in [0.5, 0.6) is 0 Å². The monoisotopic (exact) mass is 334 g/mol. The molecule has 2 aliphatic rings. The fourth-order valence-corrected chi connectivity index (χ4v) is 4.15. The van der Waals surface area contributed by atoms with Gasteiger partial charge in [0.15, 0.2) is 0 Å². The first-order valence-corrected chi connectivity index (χ1v) is 9.00. The summed E-state index contributed by atoms with van der Waals surface area (Å²) in [6.07, 6.45) is 3.96. The smallest absolute Gasteiger partial charge is 0.117 e. The lowest BCUT2D eigenvalue weighted by Crippen LogP contribution is -2.32. The molecule has 124 valence electrons. The molecule has 4 rings (SSSR count). The van der Waals surface area contributed by atoms with Gasteiger partial charge in [-0.2, -0.15) is 0 Å². The quantitative estimate of drug-likeness (QED) is 0.841. The Kier molecular flexibility index (Phi) is 4.24.